The van der Waals surface area contributed by atoms with Crippen molar-refractivity contribution in [2.75, 3.05) is 10.1 Å². The van der Waals surface area contributed by atoms with Gasteiger partial charge in [-0.25, -0.2) is 8.42 Å². The van der Waals surface area contributed by atoms with Crippen LogP contribution in [0.15, 0.2) is 54.7 Å². The highest BCUT2D eigenvalue weighted by Gasteiger charge is 2.17. The molecule has 2 aromatic rings. The van der Waals surface area contributed by atoms with Gasteiger partial charge in [-0.1, -0.05) is 15.9 Å². The van der Waals surface area contributed by atoms with Gasteiger partial charge in [-0.15, -0.1) is 0 Å². The van der Waals surface area contributed by atoms with E-state index in [0.29, 0.717) is 20.3 Å². The molecule has 0 aliphatic carbocycles. The highest BCUT2D eigenvalue weighted by molar-refractivity contribution is 9.11. The second-order valence-corrected chi connectivity index (χ2v) is 8.33. The first-order chi connectivity index (χ1) is 9.83. The van der Waals surface area contributed by atoms with Crippen molar-refractivity contribution in [2.45, 2.75) is 4.90 Å². The maximum atomic E-state index is 12.4. The van der Waals surface area contributed by atoms with E-state index in [4.69, 9.17) is 5.84 Å². The summed E-state index contributed by atoms with van der Waals surface area (Å²) in [6.07, 6.45) is 0. The molecule has 0 aromatic heterocycles. The average Bonchev–Trinajstić information content (AvgIpc) is 2.43. The maximum Gasteiger partial charge on any atom is 0.261 e. The Bertz CT molecular complexity index is 741. The van der Waals surface area contributed by atoms with Crippen molar-refractivity contribution in [3.63, 3.8) is 0 Å². The predicted octanol–water partition coefficient (Wildman–Crippen LogP) is 4.06. The SMILES string of the molecule is NNc1ccc(S(=O)(=O)Nc2c(Br)cc(Br)cc2Br)cc1. The standard InChI is InChI=1S/C12H10Br3N3O2S/c13-7-5-10(14)12(11(15)6-7)18-21(19,20)9-3-1-8(17-16)2-4-9/h1-6,17-18H,16H2. The van der Waals surface area contributed by atoms with Crippen LogP contribution in [0.3, 0.4) is 0 Å². The van der Waals surface area contributed by atoms with E-state index >= 15 is 0 Å². The van der Waals surface area contributed by atoms with E-state index in [0.717, 1.165) is 4.47 Å². The van der Waals surface area contributed by atoms with Crippen LogP contribution < -0.4 is 16.0 Å². The lowest BCUT2D eigenvalue weighted by Crippen LogP contribution is -2.14. The minimum absolute atomic E-state index is 0.142. The molecule has 0 amide bonds. The highest BCUT2D eigenvalue weighted by Crippen LogP contribution is 2.35. The molecular formula is C12H10Br3N3O2S. The number of hydrogen-bond donors (Lipinski definition) is 3. The van der Waals surface area contributed by atoms with Gasteiger partial charge in [0.15, 0.2) is 0 Å². The molecule has 0 aliphatic heterocycles. The first kappa shape index (κ1) is 16.8. The molecule has 9 heteroatoms. The van der Waals surface area contributed by atoms with Gasteiger partial charge in [0, 0.05) is 19.1 Å². The van der Waals surface area contributed by atoms with Crippen LogP contribution in [0.25, 0.3) is 0 Å². The van der Waals surface area contributed by atoms with E-state index in [2.05, 4.69) is 57.9 Å². The van der Waals surface area contributed by atoms with Crippen molar-refractivity contribution in [3.8, 4) is 0 Å². The Hall–Kier alpha value is -0.610. The quantitative estimate of drug-likeness (QED) is 0.437. The second kappa shape index (κ2) is 6.66. The summed E-state index contributed by atoms with van der Waals surface area (Å²) in [7, 11) is -3.69. The van der Waals surface area contributed by atoms with E-state index in [9.17, 15) is 8.42 Å². The molecule has 0 saturated heterocycles. The summed E-state index contributed by atoms with van der Waals surface area (Å²) in [5, 5.41) is 0. The second-order valence-electron chi connectivity index (χ2n) is 4.02. The van der Waals surface area contributed by atoms with Crippen molar-refractivity contribution in [2.24, 2.45) is 5.84 Å². The Kier molecular flexibility index (Phi) is 5.31. The van der Waals surface area contributed by atoms with Crippen molar-refractivity contribution in [1.82, 2.24) is 0 Å². The van der Waals surface area contributed by atoms with Crippen LogP contribution in [0, 0.1) is 0 Å². The lowest BCUT2D eigenvalue weighted by atomic mass is 10.3. The number of nitrogens with two attached hydrogens (primary N) is 1. The number of benzene rings is 2. The molecule has 0 heterocycles. The number of hydrogen-bond acceptors (Lipinski definition) is 4. The normalized spacial score (nSPS) is 11.2. The van der Waals surface area contributed by atoms with Crippen LogP contribution in [0.1, 0.15) is 0 Å². The lowest BCUT2D eigenvalue weighted by Gasteiger charge is -2.12. The topological polar surface area (TPSA) is 84.2 Å². The van der Waals surface area contributed by atoms with E-state index in [-0.39, 0.29) is 4.90 Å². The van der Waals surface area contributed by atoms with Gasteiger partial charge in [-0.05, 0) is 68.3 Å². The number of anilines is 2. The third kappa shape index (κ3) is 3.98. The molecule has 112 valence electrons. The summed E-state index contributed by atoms with van der Waals surface area (Å²) in [4.78, 5) is 0.142. The Morgan fingerprint density at radius 3 is 1.95 bits per heavy atom. The van der Waals surface area contributed by atoms with Gasteiger partial charge in [0.25, 0.3) is 10.0 Å². The summed E-state index contributed by atoms with van der Waals surface area (Å²) in [5.41, 5.74) is 3.50. The van der Waals surface area contributed by atoms with Crippen LogP contribution >= 0.6 is 47.8 Å². The fourth-order valence-corrected chi connectivity index (χ4v) is 5.38. The van der Waals surface area contributed by atoms with Gasteiger partial charge in [-0.2, -0.15) is 0 Å². The molecule has 0 spiro atoms. The van der Waals surface area contributed by atoms with Crippen molar-refractivity contribution < 1.29 is 8.42 Å². The third-order valence-electron chi connectivity index (χ3n) is 2.57. The van der Waals surface area contributed by atoms with Gasteiger partial charge in [0.05, 0.1) is 10.6 Å². The smallest absolute Gasteiger partial charge is 0.261 e. The molecule has 0 saturated carbocycles. The molecule has 5 nitrogen and oxygen atoms in total. The van der Waals surface area contributed by atoms with E-state index in [1.165, 1.54) is 12.1 Å². The number of halogens is 3. The first-order valence-corrected chi connectivity index (χ1v) is 9.44. The number of rotatable bonds is 4. The van der Waals surface area contributed by atoms with Gasteiger partial charge in [0.1, 0.15) is 0 Å². The van der Waals surface area contributed by atoms with Crippen molar-refractivity contribution in [1.29, 1.82) is 0 Å². The van der Waals surface area contributed by atoms with Gasteiger partial charge < -0.3 is 5.43 Å². The fourth-order valence-electron chi connectivity index (χ4n) is 1.56. The molecular weight excluding hydrogens is 490 g/mol. The number of nitrogen functional groups attached to an aromatic ring is 1. The molecule has 0 fully saturated rings. The predicted molar refractivity (Wildman–Crippen MR) is 94.6 cm³/mol. The molecule has 0 aliphatic rings. The zero-order valence-electron chi connectivity index (χ0n) is 10.4. The Labute approximate surface area is 147 Å². The van der Waals surface area contributed by atoms with Crippen molar-refractivity contribution >= 4 is 69.2 Å². The summed E-state index contributed by atoms with van der Waals surface area (Å²) in [6, 6.07) is 9.62. The molecule has 2 rings (SSSR count). The molecule has 0 bridgehead atoms. The third-order valence-corrected chi connectivity index (χ3v) is 5.65. The summed E-state index contributed by atoms with van der Waals surface area (Å²) >= 11 is 10.00. The summed E-state index contributed by atoms with van der Waals surface area (Å²) in [5.74, 6) is 5.25. The van der Waals surface area contributed by atoms with Crippen molar-refractivity contribution in [3.05, 3.63) is 49.8 Å². The van der Waals surface area contributed by atoms with E-state index in [1.54, 1.807) is 24.3 Å². The number of sulfonamides is 1. The lowest BCUT2D eigenvalue weighted by molar-refractivity contribution is 0.601. The molecule has 0 unspecified atom stereocenters. The van der Waals surface area contributed by atoms with E-state index in [1.807, 2.05) is 0 Å². The maximum absolute atomic E-state index is 12.4. The zero-order chi connectivity index (χ0) is 15.6. The minimum atomic E-state index is -3.69. The van der Waals surface area contributed by atoms with Gasteiger partial charge >= 0.3 is 0 Å². The van der Waals surface area contributed by atoms with Crippen LogP contribution in [0.4, 0.5) is 11.4 Å². The first-order valence-electron chi connectivity index (χ1n) is 5.57. The minimum Gasteiger partial charge on any atom is -0.324 e. The van der Waals surface area contributed by atoms with Crippen LogP contribution in [-0.4, -0.2) is 8.42 Å². The fraction of sp³-hybridized carbons (Fsp3) is 0. The summed E-state index contributed by atoms with van der Waals surface area (Å²) < 4.78 is 29.3. The molecule has 21 heavy (non-hydrogen) atoms. The van der Waals surface area contributed by atoms with Crippen LogP contribution in [-0.2, 0) is 10.0 Å². The Morgan fingerprint density at radius 2 is 1.48 bits per heavy atom. The molecule has 0 radical (unpaired) electrons. The Morgan fingerprint density at radius 1 is 0.952 bits per heavy atom. The largest absolute Gasteiger partial charge is 0.324 e. The van der Waals surface area contributed by atoms with Crippen LogP contribution in [0.5, 0.6) is 0 Å². The monoisotopic (exact) mass is 497 g/mol. The zero-order valence-corrected chi connectivity index (χ0v) is 16.0. The molecule has 2 aromatic carbocycles. The molecule has 0 atom stereocenters. The highest BCUT2D eigenvalue weighted by atomic mass is 79.9. The van der Waals surface area contributed by atoms with E-state index < -0.39 is 10.0 Å². The molecule has 4 N–H and O–H groups in total. The summed E-state index contributed by atoms with van der Waals surface area (Å²) in [6.45, 7) is 0. The number of nitrogens with one attached hydrogen (secondary N) is 2. The average molecular weight is 500 g/mol. The van der Waals surface area contributed by atoms with Gasteiger partial charge in [0.2, 0.25) is 0 Å². The van der Waals surface area contributed by atoms with Crippen LogP contribution in [0.2, 0.25) is 0 Å². The Balaban J connectivity index is 2.37. The number of hydrazine groups is 1. The van der Waals surface area contributed by atoms with Gasteiger partial charge in [-0.3, -0.25) is 10.6 Å².